The summed E-state index contributed by atoms with van der Waals surface area (Å²) < 4.78 is 0. The standard InChI is InChI=1S/C21H25N3O2.ClH/c22-19(15-8-3-1-4-9-15)21(26)24-18-13-7-12-17(14-18)23-20(25)16-10-5-2-6-11-16;/h1,3-4,7-9,12-14,16,19H,2,5-6,10-11,22H2,(H,23,25)(H,24,26);1H. The predicted octanol–water partition coefficient (Wildman–Crippen LogP) is 4.27. The molecule has 144 valence electrons. The van der Waals surface area contributed by atoms with Gasteiger partial charge >= 0.3 is 0 Å². The van der Waals surface area contributed by atoms with E-state index in [4.69, 9.17) is 5.73 Å². The Bertz CT molecular complexity index is 761. The molecule has 1 saturated carbocycles. The first kappa shape index (κ1) is 20.9. The van der Waals surface area contributed by atoms with Gasteiger partial charge < -0.3 is 16.4 Å². The lowest BCUT2D eigenvalue weighted by atomic mass is 9.88. The number of halogens is 1. The molecule has 2 aromatic rings. The van der Waals surface area contributed by atoms with Gasteiger partial charge in [0.05, 0.1) is 0 Å². The molecule has 1 atom stereocenters. The van der Waals surface area contributed by atoms with Crippen molar-refractivity contribution in [2.24, 2.45) is 11.7 Å². The Morgan fingerprint density at radius 3 is 2.19 bits per heavy atom. The molecule has 4 N–H and O–H groups in total. The number of amides is 2. The lowest BCUT2D eigenvalue weighted by Crippen LogP contribution is -2.28. The Labute approximate surface area is 166 Å². The third-order valence-electron chi connectivity index (χ3n) is 4.81. The van der Waals surface area contributed by atoms with E-state index in [9.17, 15) is 9.59 Å². The van der Waals surface area contributed by atoms with E-state index in [0.29, 0.717) is 11.4 Å². The van der Waals surface area contributed by atoms with Crippen molar-refractivity contribution in [3.63, 3.8) is 0 Å². The van der Waals surface area contributed by atoms with Gasteiger partial charge in [-0.25, -0.2) is 0 Å². The van der Waals surface area contributed by atoms with Crippen molar-refractivity contribution in [2.75, 3.05) is 10.6 Å². The molecule has 2 aromatic carbocycles. The van der Waals surface area contributed by atoms with E-state index >= 15 is 0 Å². The lowest BCUT2D eigenvalue weighted by molar-refractivity contribution is -0.120. The molecule has 3 rings (SSSR count). The number of hydrogen-bond acceptors (Lipinski definition) is 3. The first-order chi connectivity index (χ1) is 12.6. The number of hydrogen-bond donors (Lipinski definition) is 3. The highest BCUT2D eigenvalue weighted by Gasteiger charge is 2.21. The fourth-order valence-corrected chi connectivity index (χ4v) is 3.32. The zero-order valence-corrected chi connectivity index (χ0v) is 16.0. The monoisotopic (exact) mass is 387 g/mol. The van der Waals surface area contributed by atoms with Crippen LogP contribution in [0.1, 0.15) is 43.7 Å². The van der Waals surface area contributed by atoms with Crippen LogP contribution in [0.15, 0.2) is 54.6 Å². The molecule has 0 heterocycles. The molecule has 1 unspecified atom stereocenters. The Hall–Kier alpha value is -2.37. The largest absolute Gasteiger partial charge is 0.326 e. The zero-order valence-electron chi connectivity index (χ0n) is 15.2. The van der Waals surface area contributed by atoms with Gasteiger partial charge in [0.1, 0.15) is 6.04 Å². The second-order valence-corrected chi connectivity index (χ2v) is 6.78. The number of anilines is 2. The molecule has 0 aromatic heterocycles. The normalized spacial score (nSPS) is 15.3. The van der Waals surface area contributed by atoms with Crippen molar-refractivity contribution in [3.8, 4) is 0 Å². The van der Waals surface area contributed by atoms with Crippen molar-refractivity contribution in [3.05, 3.63) is 60.2 Å². The van der Waals surface area contributed by atoms with Crippen LogP contribution in [-0.4, -0.2) is 11.8 Å². The summed E-state index contributed by atoms with van der Waals surface area (Å²) in [7, 11) is 0. The third-order valence-corrected chi connectivity index (χ3v) is 4.81. The van der Waals surface area contributed by atoms with Gasteiger partial charge in [0.15, 0.2) is 0 Å². The summed E-state index contributed by atoms with van der Waals surface area (Å²) in [6, 6.07) is 15.7. The number of rotatable bonds is 5. The van der Waals surface area contributed by atoms with Gasteiger partial charge in [0.25, 0.3) is 0 Å². The zero-order chi connectivity index (χ0) is 18.4. The molecular weight excluding hydrogens is 362 g/mol. The maximum atomic E-state index is 12.4. The fraction of sp³-hybridized carbons (Fsp3) is 0.333. The molecule has 1 aliphatic carbocycles. The molecule has 0 bridgehead atoms. The Morgan fingerprint density at radius 1 is 0.889 bits per heavy atom. The first-order valence-electron chi connectivity index (χ1n) is 9.16. The minimum Gasteiger partial charge on any atom is -0.326 e. The summed E-state index contributed by atoms with van der Waals surface area (Å²) in [4.78, 5) is 24.7. The minimum atomic E-state index is -0.739. The summed E-state index contributed by atoms with van der Waals surface area (Å²) in [5, 5.41) is 5.78. The van der Waals surface area contributed by atoms with E-state index < -0.39 is 6.04 Å². The average Bonchev–Trinajstić information content (AvgIpc) is 2.69. The maximum Gasteiger partial charge on any atom is 0.245 e. The number of carbonyl (C=O) groups excluding carboxylic acids is 2. The summed E-state index contributed by atoms with van der Waals surface area (Å²) in [6.07, 6.45) is 5.35. The molecule has 1 fully saturated rings. The fourth-order valence-electron chi connectivity index (χ4n) is 3.32. The predicted molar refractivity (Wildman–Crippen MR) is 111 cm³/mol. The second kappa shape index (κ2) is 10.1. The van der Waals surface area contributed by atoms with Crippen molar-refractivity contribution in [1.82, 2.24) is 0 Å². The van der Waals surface area contributed by atoms with Crippen LogP contribution < -0.4 is 16.4 Å². The Balaban J connectivity index is 0.00000261. The number of nitrogens with one attached hydrogen (secondary N) is 2. The van der Waals surface area contributed by atoms with Crippen molar-refractivity contribution in [1.29, 1.82) is 0 Å². The van der Waals surface area contributed by atoms with Crippen LogP contribution in [-0.2, 0) is 9.59 Å². The Kier molecular flexibility index (Phi) is 7.82. The molecule has 5 nitrogen and oxygen atoms in total. The second-order valence-electron chi connectivity index (χ2n) is 6.78. The van der Waals surface area contributed by atoms with Crippen LogP contribution in [0.4, 0.5) is 11.4 Å². The molecule has 0 aliphatic heterocycles. The van der Waals surface area contributed by atoms with Gasteiger partial charge in [-0.15, -0.1) is 12.4 Å². The molecule has 6 heteroatoms. The molecule has 27 heavy (non-hydrogen) atoms. The van der Waals surface area contributed by atoms with Crippen molar-refractivity contribution < 1.29 is 9.59 Å². The van der Waals surface area contributed by atoms with Crippen LogP contribution in [0.25, 0.3) is 0 Å². The smallest absolute Gasteiger partial charge is 0.245 e. The molecular formula is C21H26ClN3O2. The summed E-state index contributed by atoms with van der Waals surface area (Å²) in [6.45, 7) is 0. The Morgan fingerprint density at radius 2 is 1.52 bits per heavy atom. The van der Waals surface area contributed by atoms with Crippen LogP contribution in [0.3, 0.4) is 0 Å². The first-order valence-corrected chi connectivity index (χ1v) is 9.16. The van der Waals surface area contributed by atoms with Crippen LogP contribution >= 0.6 is 12.4 Å². The lowest BCUT2D eigenvalue weighted by Gasteiger charge is -2.21. The number of benzene rings is 2. The van der Waals surface area contributed by atoms with Gasteiger partial charge in [-0.2, -0.15) is 0 Å². The molecule has 0 radical (unpaired) electrons. The van der Waals surface area contributed by atoms with E-state index in [1.807, 2.05) is 36.4 Å². The summed E-state index contributed by atoms with van der Waals surface area (Å²) in [5.74, 6) is -0.130. The van der Waals surface area contributed by atoms with Crippen LogP contribution in [0, 0.1) is 5.92 Å². The molecule has 0 saturated heterocycles. The van der Waals surface area contributed by atoms with Gasteiger partial charge in [-0.05, 0) is 36.6 Å². The van der Waals surface area contributed by atoms with E-state index in [2.05, 4.69) is 10.6 Å². The van der Waals surface area contributed by atoms with Crippen molar-refractivity contribution in [2.45, 2.75) is 38.1 Å². The minimum absolute atomic E-state index is 0. The third kappa shape index (κ3) is 5.81. The SMILES string of the molecule is Cl.NC(C(=O)Nc1cccc(NC(=O)C2CCCCC2)c1)c1ccccc1. The number of nitrogens with two attached hydrogens (primary N) is 1. The van der Waals surface area contributed by atoms with Gasteiger partial charge in [0, 0.05) is 17.3 Å². The number of carbonyl (C=O) groups is 2. The van der Waals surface area contributed by atoms with E-state index in [1.54, 1.807) is 18.2 Å². The molecule has 1 aliphatic rings. The van der Waals surface area contributed by atoms with E-state index in [-0.39, 0.29) is 30.1 Å². The van der Waals surface area contributed by atoms with Gasteiger partial charge in [0.2, 0.25) is 11.8 Å². The molecule has 2 amide bonds. The highest BCUT2D eigenvalue weighted by Crippen LogP contribution is 2.25. The van der Waals surface area contributed by atoms with E-state index in [0.717, 1.165) is 31.2 Å². The van der Waals surface area contributed by atoms with Crippen LogP contribution in [0.5, 0.6) is 0 Å². The highest BCUT2D eigenvalue weighted by atomic mass is 35.5. The maximum absolute atomic E-state index is 12.4. The average molecular weight is 388 g/mol. The van der Waals surface area contributed by atoms with Gasteiger partial charge in [-0.1, -0.05) is 55.7 Å². The molecule has 0 spiro atoms. The summed E-state index contributed by atoms with van der Waals surface area (Å²) >= 11 is 0. The van der Waals surface area contributed by atoms with E-state index in [1.165, 1.54) is 6.42 Å². The van der Waals surface area contributed by atoms with Gasteiger partial charge in [-0.3, -0.25) is 9.59 Å². The van der Waals surface area contributed by atoms with Crippen LogP contribution in [0.2, 0.25) is 0 Å². The topological polar surface area (TPSA) is 84.2 Å². The van der Waals surface area contributed by atoms with Crippen molar-refractivity contribution >= 4 is 35.6 Å². The highest BCUT2D eigenvalue weighted by molar-refractivity contribution is 5.97. The quantitative estimate of drug-likeness (QED) is 0.716. The summed E-state index contributed by atoms with van der Waals surface area (Å²) in [5.41, 5.74) is 8.08.